The van der Waals surface area contributed by atoms with Gasteiger partial charge in [-0.3, -0.25) is 9.59 Å². The molecule has 1 saturated heterocycles. The number of hydrogen-bond acceptors (Lipinski definition) is 3. The molecule has 0 aromatic heterocycles. The molecular formula is C31H41N3O2. The minimum Gasteiger partial charge on any atom is -0.382 e. The van der Waals surface area contributed by atoms with Gasteiger partial charge in [0.25, 0.3) is 5.91 Å². The van der Waals surface area contributed by atoms with Gasteiger partial charge in [0, 0.05) is 35.8 Å². The van der Waals surface area contributed by atoms with E-state index in [4.69, 9.17) is 0 Å². The van der Waals surface area contributed by atoms with Crippen LogP contribution in [0.4, 0.5) is 5.69 Å². The molecule has 2 N–H and O–H groups in total. The quantitative estimate of drug-likeness (QED) is 0.428. The molecule has 0 bridgehead atoms. The molecule has 1 saturated carbocycles. The van der Waals surface area contributed by atoms with Crippen molar-refractivity contribution in [3.05, 3.63) is 65.7 Å². The highest BCUT2D eigenvalue weighted by Crippen LogP contribution is 2.48. The minimum atomic E-state index is -0.143. The normalized spacial score (nSPS) is 27.0. The monoisotopic (exact) mass is 487 g/mol. The van der Waals surface area contributed by atoms with E-state index in [1.54, 1.807) is 0 Å². The molecule has 5 heteroatoms. The Labute approximate surface area is 216 Å². The first-order valence-electron chi connectivity index (χ1n) is 14.2. The number of para-hydroxylation sites is 1. The summed E-state index contributed by atoms with van der Waals surface area (Å²) in [6.45, 7) is 3.07. The highest BCUT2D eigenvalue weighted by atomic mass is 16.2. The first kappa shape index (κ1) is 24.9. The summed E-state index contributed by atoms with van der Waals surface area (Å²) in [5.41, 5.74) is 3.11. The Kier molecular flexibility index (Phi) is 7.93. The van der Waals surface area contributed by atoms with Gasteiger partial charge in [0.2, 0.25) is 5.91 Å². The van der Waals surface area contributed by atoms with Crippen LogP contribution >= 0.6 is 0 Å². The first-order chi connectivity index (χ1) is 17.7. The largest absolute Gasteiger partial charge is 0.382 e. The number of carbonyl (C=O) groups excluding carboxylic acids is 2. The second-order valence-electron chi connectivity index (χ2n) is 11.0. The average Bonchev–Trinajstić information content (AvgIpc) is 3.37. The van der Waals surface area contributed by atoms with Gasteiger partial charge in [-0.15, -0.1) is 0 Å². The highest BCUT2D eigenvalue weighted by Gasteiger charge is 2.47. The Bertz CT molecular complexity index is 1040. The third kappa shape index (κ3) is 5.16. The molecule has 36 heavy (non-hydrogen) atoms. The topological polar surface area (TPSA) is 61.4 Å². The molecule has 5 nitrogen and oxygen atoms in total. The summed E-state index contributed by atoms with van der Waals surface area (Å²) in [5.74, 6) is 0.475. The number of carbonyl (C=O) groups is 2. The Morgan fingerprint density at radius 3 is 2.56 bits per heavy atom. The maximum Gasteiger partial charge on any atom is 0.251 e. The predicted molar refractivity (Wildman–Crippen MR) is 145 cm³/mol. The van der Waals surface area contributed by atoms with Gasteiger partial charge in [0.05, 0.1) is 12.0 Å². The summed E-state index contributed by atoms with van der Waals surface area (Å²) >= 11 is 0. The number of hydrogen-bond donors (Lipinski definition) is 2. The molecule has 2 aromatic rings. The fourth-order valence-electron chi connectivity index (χ4n) is 6.81. The molecule has 3 aliphatic rings. The number of fused-ring (bicyclic) bond motifs is 3. The average molecular weight is 488 g/mol. The standard InChI is InChI=1S/C31H41N3O2/c1-2-3-4-8-17-27-24-20-21-34(29(24)23-15-9-11-18-26(23)32-27)31(36)25-16-10-12-19-28(25)33-30(35)22-13-6-5-7-14-22/h5-7,9,11,13-15,18,24-25,27-29,32H,2-4,8,10,12,16-17,19-21H2,1H3,(H,33,35)/t24?,25-,27?,28+,29?/m0/s1. The summed E-state index contributed by atoms with van der Waals surface area (Å²) in [6, 6.07) is 18.4. The SMILES string of the molecule is CCCCCCC1Nc2ccccc2C2C1CCN2C(=O)[C@H]1CCCC[C@H]1NC(=O)c1ccccc1. The molecule has 2 heterocycles. The number of nitrogens with one attached hydrogen (secondary N) is 2. The summed E-state index contributed by atoms with van der Waals surface area (Å²) in [6.07, 6.45) is 11.1. The van der Waals surface area contributed by atoms with Crippen molar-refractivity contribution >= 4 is 17.5 Å². The fraction of sp³-hybridized carbons (Fsp3) is 0.548. The van der Waals surface area contributed by atoms with Crippen LogP contribution in [0.15, 0.2) is 54.6 Å². The van der Waals surface area contributed by atoms with E-state index in [9.17, 15) is 9.59 Å². The molecule has 5 atom stereocenters. The number of nitrogens with zero attached hydrogens (tertiary/aromatic N) is 1. The van der Waals surface area contributed by atoms with Crippen LogP contribution in [0.25, 0.3) is 0 Å². The van der Waals surface area contributed by atoms with E-state index >= 15 is 0 Å². The molecule has 0 radical (unpaired) electrons. The Balaban J connectivity index is 1.34. The zero-order valence-corrected chi connectivity index (χ0v) is 21.6. The lowest BCUT2D eigenvalue weighted by Crippen LogP contribution is -2.50. The predicted octanol–water partition coefficient (Wildman–Crippen LogP) is 6.33. The van der Waals surface area contributed by atoms with E-state index < -0.39 is 0 Å². The molecule has 192 valence electrons. The van der Waals surface area contributed by atoms with Crippen molar-refractivity contribution in [2.24, 2.45) is 11.8 Å². The summed E-state index contributed by atoms with van der Waals surface area (Å²) in [4.78, 5) is 29.3. The maximum atomic E-state index is 14.2. The fourth-order valence-corrected chi connectivity index (χ4v) is 6.81. The van der Waals surface area contributed by atoms with Gasteiger partial charge in [-0.05, 0) is 49.4 Å². The van der Waals surface area contributed by atoms with Crippen LogP contribution in [-0.2, 0) is 4.79 Å². The smallest absolute Gasteiger partial charge is 0.251 e. The van der Waals surface area contributed by atoms with Crippen LogP contribution < -0.4 is 10.6 Å². The molecule has 1 aliphatic carbocycles. The number of rotatable bonds is 8. The van der Waals surface area contributed by atoms with Crippen LogP contribution in [0.2, 0.25) is 0 Å². The van der Waals surface area contributed by atoms with Crippen LogP contribution in [0.1, 0.15) is 93.1 Å². The highest BCUT2D eigenvalue weighted by molar-refractivity contribution is 5.94. The molecule has 3 unspecified atom stereocenters. The van der Waals surface area contributed by atoms with Crippen molar-refractivity contribution in [2.75, 3.05) is 11.9 Å². The second kappa shape index (κ2) is 11.5. The zero-order chi connectivity index (χ0) is 24.9. The van der Waals surface area contributed by atoms with Crippen LogP contribution in [0.3, 0.4) is 0 Å². The van der Waals surface area contributed by atoms with E-state index in [-0.39, 0.29) is 29.8 Å². The van der Waals surface area contributed by atoms with Crippen molar-refractivity contribution in [1.82, 2.24) is 10.2 Å². The Morgan fingerprint density at radius 2 is 1.72 bits per heavy atom. The lowest BCUT2D eigenvalue weighted by molar-refractivity contribution is -0.138. The van der Waals surface area contributed by atoms with Crippen molar-refractivity contribution in [2.45, 2.75) is 89.3 Å². The van der Waals surface area contributed by atoms with Crippen LogP contribution in [0.5, 0.6) is 0 Å². The van der Waals surface area contributed by atoms with Gasteiger partial charge < -0.3 is 15.5 Å². The van der Waals surface area contributed by atoms with Crippen molar-refractivity contribution in [3.63, 3.8) is 0 Å². The minimum absolute atomic E-state index is 0.0704. The van der Waals surface area contributed by atoms with E-state index in [2.05, 4.69) is 46.7 Å². The van der Waals surface area contributed by atoms with Gasteiger partial charge in [-0.1, -0.05) is 81.8 Å². The lowest BCUT2D eigenvalue weighted by atomic mass is 9.79. The number of unbranched alkanes of at least 4 members (excludes halogenated alkanes) is 3. The maximum absolute atomic E-state index is 14.2. The third-order valence-corrected chi connectivity index (χ3v) is 8.67. The number of benzene rings is 2. The molecule has 2 amide bonds. The third-order valence-electron chi connectivity index (χ3n) is 8.67. The zero-order valence-electron chi connectivity index (χ0n) is 21.6. The Morgan fingerprint density at radius 1 is 0.944 bits per heavy atom. The van der Waals surface area contributed by atoms with Crippen molar-refractivity contribution < 1.29 is 9.59 Å². The number of amides is 2. The number of anilines is 1. The van der Waals surface area contributed by atoms with Gasteiger partial charge in [0.1, 0.15) is 0 Å². The molecule has 0 spiro atoms. The van der Waals surface area contributed by atoms with Crippen molar-refractivity contribution in [1.29, 1.82) is 0 Å². The lowest BCUT2D eigenvalue weighted by Gasteiger charge is -2.42. The molecule has 2 aromatic carbocycles. The van der Waals surface area contributed by atoms with E-state index in [0.717, 1.165) is 45.1 Å². The van der Waals surface area contributed by atoms with E-state index in [0.29, 0.717) is 17.5 Å². The number of likely N-dealkylation sites (tertiary alicyclic amines) is 1. The molecular weight excluding hydrogens is 446 g/mol. The summed E-state index contributed by atoms with van der Waals surface area (Å²) in [5, 5.41) is 7.07. The molecule has 5 rings (SSSR count). The van der Waals surface area contributed by atoms with Gasteiger partial charge in [-0.2, -0.15) is 0 Å². The summed E-state index contributed by atoms with van der Waals surface area (Å²) in [7, 11) is 0. The first-order valence-corrected chi connectivity index (χ1v) is 14.2. The van der Waals surface area contributed by atoms with Gasteiger partial charge in [0.15, 0.2) is 0 Å². The van der Waals surface area contributed by atoms with Crippen molar-refractivity contribution in [3.8, 4) is 0 Å². The second-order valence-corrected chi connectivity index (χ2v) is 11.0. The van der Waals surface area contributed by atoms with Crippen LogP contribution in [-0.4, -0.2) is 35.3 Å². The van der Waals surface area contributed by atoms with E-state index in [1.807, 2.05) is 30.3 Å². The van der Waals surface area contributed by atoms with Gasteiger partial charge >= 0.3 is 0 Å². The molecule has 2 aliphatic heterocycles. The Hall–Kier alpha value is -2.82. The summed E-state index contributed by atoms with van der Waals surface area (Å²) < 4.78 is 0. The van der Waals surface area contributed by atoms with E-state index in [1.165, 1.54) is 36.9 Å². The van der Waals surface area contributed by atoms with Crippen LogP contribution in [0, 0.1) is 11.8 Å². The molecule has 2 fully saturated rings. The van der Waals surface area contributed by atoms with Gasteiger partial charge in [-0.25, -0.2) is 0 Å².